The fourth-order valence-corrected chi connectivity index (χ4v) is 4.39. The maximum atomic E-state index is 13.4. The van der Waals surface area contributed by atoms with Crippen LogP contribution < -0.4 is 0 Å². The number of fused-ring (bicyclic) bond motifs is 2. The molecule has 0 spiro atoms. The molecule has 1 aliphatic heterocycles. The van der Waals surface area contributed by atoms with Crippen molar-refractivity contribution in [2.24, 2.45) is 7.05 Å². The molecule has 29 heavy (non-hydrogen) atoms. The molecular weight excluding hydrogens is 366 g/mol. The summed E-state index contributed by atoms with van der Waals surface area (Å²) in [5, 5.41) is 14.0. The number of nitrogens with zero attached hydrogens (tertiary/aromatic N) is 7. The van der Waals surface area contributed by atoms with E-state index in [1.807, 2.05) is 56.3 Å². The van der Waals surface area contributed by atoms with Gasteiger partial charge in [0, 0.05) is 37.9 Å². The Morgan fingerprint density at radius 1 is 1.14 bits per heavy atom. The average Bonchev–Trinajstić information content (AvgIpc) is 3.28. The lowest BCUT2D eigenvalue weighted by atomic mass is 9.95. The number of hydrogen-bond acceptors (Lipinski definition) is 5. The van der Waals surface area contributed by atoms with Crippen LogP contribution in [0.25, 0.3) is 16.7 Å². The zero-order valence-corrected chi connectivity index (χ0v) is 16.8. The van der Waals surface area contributed by atoms with Crippen molar-refractivity contribution in [1.29, 1.82) is 0 Å². The molecular formula is C21H23N7O. The second-order valence-electron chi connectivity index (χ2n) is 7.77. The van der Waals surface area contributed by atoms with Gasteiger partial charge in [0.2, 0.25) is 0 Å². The van der Waals surface area contributed by atoms with Crippen molar-refractivity contribution in [2.45, 2.75) is 32.6 Å². The summed E-state index contributed by atoms with van der Waals surface area (Å²) in [6.07, 6.45) is 3.76. The predicted molar refractivity (Wildman–Crippen MR) is 109 cm³/mol. The van der Waals surface area contributed by atoms with E-state index in [1.54, 1.807) is 4.68 Å². The molecule has 0 saturated carbocycles. The molecule has 5 rings (SSSR count). The van der Waals surface area contributed by atoms with Crippen molar-refractivity contribution in [1.82, 2.24) is 34.3 Å². The Labute approximate surface area is 168 Å². The molecule has 1 aliphatic rings. The molecule has 0 unspecified atom stereocenters. The first-order chi connectivity index (χ1) is 14.0. The summed E-state index contributed by atoms with van der Waals surface area (Å²) in [7, 11) is 1.87. The lowest BCUT2D eigenvalue weighted by Crippen LogP contribution is -2.38. The molecule has 5 heterocycles. The van der Waals surface area contributed by atoms with Gasteiger partial charge in [-0.3, -0.25) is 13.9 Å². The van der Waals surface area contributed by atoms with Gasteiger partial charge in [-0.25, -0.2) is 4.98 Å². The van der Waals surface area contributed by atoms with Gasteiger partial charge in [-0.2, -0.15) is 5.10 Å². The highest BCUT2D eigenvalue weighted by Gasteiger charge is 2.29. The lowest BCUT2D eigenvalue weighted by molar-refractivity contribution is 0.0712. The van der Waals surface area contributed by atoms with Gasteiger partial charge in [0.05, 0.1) is 16.6 Å². The fourth-order valence-electron chi connectivity index (χ4n) is 4.39. The molecule has 8 nitrogen and oxygen atoms in total. The summed E-state index contributed by atoms with van der Waals surface area (Å²) in [5.74, 6) is 1.34. The Hall–Kier alpha value is -3.29. The first-order valence-electron chi connectivity index (χ1n) is 9.93. The zero-order valence-electron chi connectivity index (χ0n) is 16.8. The maximum absolute atomic E-state index is 13.4. The Bertz CT molecular complexity index is 1230. The van der Waals surface area contributed by atoms with Gasteiger partial charge < -0.3 is 4.90 Å². The number of aryl methyl sites for hydroxylation is 3. The number of carbonyl (C=O) groups excluding carboxylic acids is 1. The molecule has 0 aromatic carbocycles. The second-order valence-corrected chi connectivity index (χ2v) is 7.77. The molecule has 1 amide bonds. The Morgan fingerprint density at radius 2 is 1.93 bits per heavy atom. The molecule has 0 atom stereocenters. The molecule has 8 heteroatoms. The second kappa shape index (κ2) is 6.65. The molecule has 1 fully saturated rings. The van der Waals surface area contributed by atoms with E-state index in [1.165, 1.54) is 0 Å². The maximum Gasteiger partial charge on any atom is 0.254 e. The van der Waals surface area contributed by atoms with Gasteiger partial charge in [-0.1, -0.05) is 6.07 Å². The molecule has 0 bridgehead atoms. The van der Waals surface area contributed by atoms with E-state index in [0.717, 1.165) is 46.7 Å². The van der Waals surface area contributed by atoms with Crippen LogP contribution in [0.4, 0.5) is 0 Å². The Morgan fingerprint density at radius 3 is 2.72 bits per heavy atom. The fraction of sp³-hybridized carbons (Fsp3) is 0.381. The number of amides is 1. The van der Waals surface area contributed by atoms with Crippen LogP contribution >= 0.6 is 0 Å². The highest BCUT2D eigenvalue weighted by molar-refractivity contribution is 6.06. The standard InChI is InChI=1S/C21H23N7O/c1-13-12-16(18-14(2)25-26(3)20(18)22-13)21(29)27-10-7-15(8-11-27)19-24-23-17-6-4-5-9-28(17)19/h4-6,9,12,15H,7-8,10-11H2,1-3H3. The van der Waals surface area contributed by atoms with Gasteiger partial charge in [0.25, 0.3) is 5.91 Å². The lowest BCUT2D eigenvalue weighted by Gasteiger charge is -2.31. The minimum atomic E-state index is 0.0566. The molecule has 4 aromatic heterocycles. The van der Waals surface area contributed by atoms with Crippen LogP contribution in [0, 0.1) is 13.8 Å². The number of pyridine rings is 2. The van der Waals surface area contributed by atoms with Crippen LogP contribution in [0.15, 0.2) is 30.5 Å². The monoisotopic (exact) mass is 389 g/mol. The van der Waals surface area contributed by atoms with E-state index in [4.69, 9.17) is 0 Å². The minimum Gasteiger partial charge on any atom is -0.339 e. The Kier molecular flexibility index (Phi) is 4.08. The van der Waals surface area contributed by atoms with Crippen LogP contribution in [0.5, 0.6) is 0 Å². The van der Waals surface area contributed by atoms with E-state index in [0.29, 0.717) is 24.6 Å². The predicted octanol–water partition coefficient (Wildman–Crippen LogP) is 2.65. The van der Waals surface area contributed by atoms with Crippen LogP contribution in [0.2, 0.25) is 0 Å². The summed E-state index contributed by atoms with van der Waals surface area (Å²) in [6, 6.07) is 7.80. The molecule has 4 aromatic rings. The third-order valence-corrected chi connectivity index (χ3v) is 5.81. The quantitative estimate of drug-likeness (QED) is 0.526. The number of carbonyl (C=O) groups is 1. The minimum absolute atomic E-state index is 0.0566. The van der Waals surface area contributed by atoms with Gasteiger partial charge in [0.15, 0.2) is 11.3 Å². The Balaban J connectivity index is 1.40. The average molecular weight is 389 g/mol. The van der Waals surface area contributed by atoms with Gasteiger partial charge in [-0.15, -0.1) is 10.2 Å². The van der Waals surface area contributed by atoms with E-state index in [-0.39, 0.29) is 5.91 Å². The highest BCUT2D eigenvalue weighted by Crippen LogP contribution is 2.29. The number of likely N-dealkylation sites (tertiary alicyclic amines) is 1. The zero-order chi connectivity index (χ0) is 20.1. The molecule has 0 radical (unpaired) electrons. The molecule has 0 aliphatic carbocycles. The summed E-state index contributed by atoms with van der Waals surface area (Å²) in [6.45, 7) is 5.25. The topological polar surface area (TPSA) is 81.2 Å². The van der Waals surface area contributed by atoms with E-state index in [9.17, 15) is 4.79 Å². The number of aromatic nitrogens is 6. The van der Waals surface area contributed by atoms with E-state index in [2.05, 4.69) is 24.7 Å². The van der Waals surface area contributed by atoms with Gasteiger partial charge in [0.1, 0.15) is 5.82 Å². The van der Waals surface area contributed by atoms with Crippen LogP contribution in [0.1, 0.15) is 46.3 Å². The van der Waals surface area contributed by atoms with Gasteiger partial charge in [-0.05, 0) is 44.9 Å². The number of hydrogen-bond donors (Lipinski definition) is 0. The molecule has 148 valence electrons. The van der Waals surface area contributed by atoms with Crippen molar-refractivity contribution in [3.05, 3.63) is 53.2 Å². The molecule has 0 N–H and O–H groups in total. The number of rotatable bonds is 2. The largest absolute Gasteiger partial charge is 0.339 e. The third-order valence-electron chi connectivity index (χ3n) is 5.81. The summed E-state index contributed by atoms with van der Waals surface area (Å²) >= 11 is 0. The van der Waals surface area contributed by atoms with E-state index < -0.39 is 0 Å². The van der Waals surface area contributed by atoms with Crippen LogP contribution in [0.3, 0.4) is 0 Å². The third kappa shape index (κ3) is 2.86. The summed E-state index contributed by atoms with van der Waals surface area (Å²) < 4.78 is 3.80. The first-order valence-corrected chi connectivity index (χ1v) is 9.93. The summed E-state index contributed by atoms with van der Waals surface area (Å²) in [5.41, 5.74) is 3.99. The summed E-state index contributed by atoms with van der Waals surface area (Å²) in [4.78, 5) is 19.9. The highest BCUT2D eigenvalue weighted by atomic mass is 16.2. The van der Waals surface area contributed by atoms with Crippen molar-refractivity contribution < 1.29 is 4.79 Å². The molecule has 1 saturated heterocycles. The normalized spacial score (nSPS) is 15.5. The first kappa shape index (κ1) is 17.8. The van der Waals surface area contributed by atoms with Crippen LogP contribution in [-0.2, 0) is 7.05 Å². The number of piperidine rings is 1. The SMILES string of the molecule is Cc1cc(C(=O)N2CCC(c3nnc4ccccn34)CC2)c2c(C)nn(C)c2n1. The van der Waals surface area contributed by atoms with Gasteiger partial charge >= 0.3 is 0 Å². The smallest absolute Gasteiger partial charge is 0.254 e. The van der Waals surface area contributed by atoms with Crippen molar-refractivity contribution in [2.75, 3.05) is 13.1 Å². The van der Waals surface area contributed by atoms with Crippen molar-refractivity contribution in [3.8, 4) is 0 Å². The van der Waals surface area contributed by atoms with Crippen LogP contribution in [-0.4, -0.2) is 53.3 Å². The van der Waals surface area contributed by atoms with E-state index >= 15 is 0 Å². The van der Waals surface area contributed by atoms with Crippen molar-refractivity contribution >= 4 is 22.6 Å². The van der Waals surface area contributed by atoms with Crippen molar-refractivity contribution in [3.63, 3.8) is 0 Å².